The van der Waals surface area contributed by atoms with Gasteiger partial charge in [-0.1, -0.05) is 0 Å². The Kier molecular flexibility index (Phi) is 2.39. The SMILES string of the molecule is COC(=O)c1cc2nn(C(F)F)cc2s1. The van der Waals surface area contributed by atoms with Crippen molar-refractivity contribution in [1.82, 2.24) is 9.78 Å². The van der Waals surface area contributed by atoms with Gasteiger partial charge in [0.15, 0.2) is 0 Å². The second-order valence-electron chi connectivity index (χ2n) is 2.74. The first-order valence-corrected chi connectivity index (χ1v) is 4.78. The number of rotatable bonds is 2. The number of ether oxygens (including phenoxy) is 1. The van der Waals surface area contributed by atoms with Gasteiger partial charge in [0.2, 0.25) is 0 Å². The molecular formula is C8H6F2N2O2S. The van der Waals surface area contributed by atoms with Crippen molar-refractivity contribution in [2.24, 2.45) is 0 Å². The van der Waals surface area contributed by atoms with Gasteiger partial charge in [0, 0.05) is 6.20 Å². The first-order valence-electron chi connectivity index (χ1n) is 3.97. The van der Waals surface area contributed by atoms with Crippen LogP contribution in [0.1, 0.15) is 16.2 Å². The molecule has 2 heterocycles. The molecule has 0 N–H and O–H groups in total. The van der Waals surface area contributed by atoms with Gasteiger partial charge in [-0.25, -0.2) is 9.48 Å². The minimum Gasteiger partial charge on any atom is -0.465 e. The van der Waals surface area contributed by atoms with Crippen LogP contribution >= 0.6 is 11.3 Å². The van der Waals surface area contributed by atoms with Crippen molar-refractivity contribution in [3.05, 3.63) is 17.1 Å². The molecule has 0 aromatic carbocycles. The molecule has 15 heavy (non-hydrogen) atoms. The summed E-state index contributed by atoms with van der Waals surface area (Å²) in [7, 11) is 1.26. The van der Waals surface area contributed by atoms with Crippen LogP contribution < -0.4 is 0 Å². The molecule has 2 aromatic rings. The van der Waals surface area contributed by atoms with Crippen molar-refractivity contribution >= 4 is 27.5 Å². The molecular weight excluding hydrogens is 226 g/mol. The molecule has 0 fully saturated rings. The predicted octanol–water partition coefficient (Wildman–Crippen LogP) is 2.28. The maximum Gasteiger partial charge on any atom is 0.348 e. The van der Waals surface area contributed by atoms with Crippen LogP contribution in [0.15, 0.2) is 12.3 Å². The van der Waals surface area contributed by atoms with E-state index in [4.69, 9.17) is 0 Å². The van der Waals surface area contributed by atoms with E-state index < -0.39 is 12.5 Å². The maximum absolute atomic E-state index is 12.2. The molecule has 0 amide bonds. The van der Waals surface area contributed by atoms with E-state index in [9.17, 15) is 13.6 Å². The summed E-state index contributed by atoms with van der Waals surface area (Å²) in [6.07, 6.45) is 1.21. The summed E-state index contributed by atoms with van der Waals surface area (Å²) >= 11 is 1.08. The molecule has 0 radical (unpaired) electrons. The van der Waals surface area contributed by atoms with Crippen LogP contribution in [0.25, 0.3) is 10.2 Å². The number of hydrogen-bond donors (Lipinski definition) is 0. The number of carbonyl (C=O) groups is 1. The fourth-order valence-corrected chi connectivity index (χ4v) is 2.08. The molecule has 80 valence electrons. The first kappa shape index (κ1) is 10.0. The predicted molar refractivity (Wildman–Crippen MR) is 50.2 cm³/mol. The first-order chi connectivity index (χ1) is 7.11. The molecule has 0 saturated heterocycles. The van der Waals surface area contributed by atoms with Crippen LogP contribution in [0.3, 0.4) is 0 Å². The number of thiophene rings is 1. The fraction of sp³-hybridized carbons (Fsp3) is 0.250. The number of aromatic nitrogens is 2. The van der Waals surface area contributed by atoms with E-state index in [0.717, 1.165) is 11.3 Å². The summed E-state index contributed by atoms with van der Waals surface area (Å²) in [5.74, 6) is -0.485. The maximum atomic E-state index is 12.2. The van der Waals surface area contributed by atoms with Gasteiger partial charge in [0.1, 0.15) is 10.4 Å². The van der Waals surface area contributed by atoms with Crippen molar-refractivity contribution in [3.8, 4) is 0 Å². The zero-order valence-corrected chi connectivity index (χ0v) is 8.42. The fourth-order valence-electron chi connectivity index (χ4n) is 1.14. The zero-order valence-electron chi connectivity index (χ0n) is 7.61. The quantitative estimate of drug-likeness (QED) is 0.746. The lowest BCUT2D eigenvalue weighted by atomic mass is 10.4. The van der Waals surface area contributed by atoms with Crippen molar-refractivity contribution in [3.63, 3.8) is 0 Å². The van der Waals surface area contributed by atoms with E-state index in [0.29, 0.717) is 19.8 Å². The van der Waals surface area contributed by atoms with E-state index in [-0.39, 0.29) is 0 Å². The number of nitrogens with zero attached hydrogens (tertiary/aromatic N) is 2. The van der Waals surface area contributed by atoms with Crippen LogP contribution in [-0.2, 0) is 4.74 Å². The molecule has 0 aliphatic carbocycles. The number of halogens is 2. The highest BCUT2D eigenvalue weighted by atomic mass is 32.1. The molecule has 0 aliphatic rings. The molecule has 2 rings (SSSR count). The molecule has 7 heteroatoms. The monoisotopic (exact) mass is 232 g/mol. The smallest absolute Gasteiger partial charge is 0.348 e. The molecule has 0 unspecified atom stereocenters. The van der Waals surface area contributed by atoms with Crippen LogP contribution in [0.4, 0.5) is 8.78 Å². The molecule has 0 spiro atoms. The number of alkyl halides is 2. The lowest BCUT2D eigenvalue weighted by Crippen LogP contribution is -1.99. The number of hydrogen-bond acceptors (Lipinski definition) is 4. The Labute approximate surface area is 87.1 Å². The normalized spacial score (nSPS) is 11.2. The zero-order chi connectivity index (χ0) is 11.0. The topological polar surface area (TPSA) is 44.1 Å². The third-order valence-corrected chi connectivity index (χ3v) is 2.84. The highest BCUT2D eigenvalue weighted by Gasteiger charge is 2.15. The second-order valence-corrected chi connectivity index (χ2v) is 3.82. The third-order valence-electron chi connectivity index (χ3n) is 1.80. The summed E-state index contributed by atoms with van der Waals surface area (Å²) in [5.41, 5.74) is 0.376. The molecule has 0 atom stereocenters. The van der Waals surface area contributed by atoms with Gasteiger partial charge in [-0.3, -0.25) is 0 Å². The molecule has 4 nitrogen and oxygen atoms in total. The number of carbonyl (C=O) groups excluding carboxylic acids is 1. The Bertz CT molecular complexity index is 474. The van der Waals surface area contributed by atoms with Crippen molar-refractivity contribution in [2.75, 3.05) is 7.11 Å². The van der Waals surface area contributed by atoms with Gasteiger partial charge < -0.3 is 4.74 Å². The average Bonchev–Trinajstić information content (AvgIpc) is 2.72. The lowest BCUT2D eigenvalue weighted by molar-refractivity contribution is 0.0574. The molecule has 0 aliphatic heterocycles. The largest absolute Gasteiger partial charge is 0.465 e. The van der Waals surface area contributed by atoms with Crippen molar-refractivity contribution in [2.45, 2.75) is 6.55 Å². The molecule has 0 bridgehead atoms. The van der Waals surface area contributed by atoms with E-state index in [1.54, 1.807) is 0 Å². The van der Waals surface area contributed by atoms with Gasteiger partial charge in [-0.2, -0.15) is 13.9 Å². The van der Waals surface area contributed by atoms with E-state index >= 15 is 0 Å². The number of methoxy groups -OCH3 is 1. The van der Waals surface area contributed by atoms with Crippen LogP contribution in [0.2, 0.25) is 0 Å². The lowest BCUT2D eigenvalue weighted by Gasteiger charge is -1.95. The van der Waals surface area contributed by atoms with Gasteiger partial charge in [0.05, 0.1) is 11.8 Å². The van der Waals surface area contributed by atoms with Gasteiger partial charge in [-0.15, -0.1) is 11.3 Å². The number of esters is 1. The summed E-state index contributed by atoms with van der Waals surface area (Å²) in [6.45, 7) is -2.66. The van der Waals surface area contributed by atoms with E-state index in [2.05, 4.69) is 9.84 Å². The standard InChI is InChI=1S/C8H6F2N2O2S/c1-14-7(13)5-2-4-6(15-5)3-12(11-4)8(9)10/h2-3,8H,1H3. The third kappa shape index (κ3) is 1.70. The number of fused-ring (bicyclic) bond motifs is 1. The Morgan fingerprint density at radius 1 is 1.67 bits per heavy atom. The van der Waals surface area contributed by atoms with Gasteiger partial charge >= 0.3 is 12.5 Å². The molecule has 0 saturated carbocycles. The Morgan fingerprint density at radius 3 is 2.93 bits per heavy atom. The van der Waals surface area contributed by atoms with Crippen LogP contribution in [0.5, 0.6) is 0 Å². The van der Waals surface area contributed by atoms with Crippen LogP contribution in [-0.4, -0.2) is 22.9 Å². The molecule has 2 aromatic heterocycles. The van der Waals surface area contributed by atoms with E-state index in [1.807, 2.05) is 0 Å². The Morgan fingerprint density at radius 2 is 2.40 bits per heavy atom. The summed E-state index contributed by atoms with van der Waals surface area (Å²) in [4.78, 5) is 11.5. The summed E-state index contributed by atoms with van der Waals surface area (Å²) in [5, 5.41) is 3.62. The summed E-state index contributed by atoms with van der Waals surface area (Å²) in [6, 6.07) is 1.44. The average molecular weight is 232 g/mol. The minimum absolute atomic E-state index is 0.358. The Balaban J connectivity index is 2.42. The van der Waals surface area contributed by atoms with E-state index in [1.165, 1.54) is 19.4 Å². The minimum atomic E-state index is -2.66. The Hall–Kier alpha value is -1.50. The highest BCUT2D eigenvalue weighted by Crippen LogP contribution is 2.26. The second kappa shape index (κ2) is 3.58. The van der Waals surface area contributed by atoms with Crippen LogP contribution in [0, 0.1) is 0 Å². The van der Waals surface area contributed by atoms with Gasteiger partial charge in [0.25, 0.3) is 0 Å². The van der Waals surface area contributed by atoms with Gasteiger partial charge in [-0.05, 0) is 6.07 Å². The van der Waals surface area contributed by atoms with Crippen molar-refractivity contribution in [1.29, 1.82) is 0 Å². The highest BCUT2D eigenvalue weighted by molar-refractivity contribution is 7.20. The van der Waals surface area contributed by atoms with Crippen molar-refractivity contribution < 1.29 is 18.3 Å². The summed E-state index contributed by atoms with van der Waals surface area (Å²) < 4.78 is 30.0.